The highest BCUT2D eigenvalue weighted by Crippen LogP contribution is 2.34. The van der Waals surface area contributed by atoms with Crippen molar-refractivity contribution >= 4 is 17.6 Å². The van der Waals surface area contributed by atoms with Crippen molar-refractivity contribution in [1.29, 1.82) is 0 Å². The van der Waals surface area contributed by atoms with Crippen LogP contribution in [0, 0.1) is 0 Å². The number of methoxy groups -OCH3 is 1. The number of carbonyl (C=O) groups is 2. The molecule has 0 saturated heterocycles. The van der Waals surface area contributed by atoms with Crippen molar-refractivity contribution < 1.29 is 36.7 Å². The average Bonchev–Trinajstić information content (AvgIpc) is 3.52. The summed E-state index contributed by atoms with van der Waals surface area (Å²) in [5.41, 5.74) is -0.467. The van der Waals surface area contributed by atoms with Gasteiger partial charge >= 0.3 is 12.1 Å². The quantitative estimate of drug-likeness (QED) is 0.480. The monoisotopic (exact) mass is 472 g/mol. The fraction of sp³-hybridized carbons (Fsp3) is 0.208. The van der Waals surface area contributed by atoms with Crippen LogP contribution in [0.5, 0.6) is 5.75 Å². The van der Waals surface area contributed by atoms with Crippen molar-refractivity contribution in [3.05, 3.63) is 89.4 Å². The van der Waals surface area contributed by atoms with E-state index in [1.165, 1.54) is 18.4 Å². The third kappa shape index (κ3) is 4.80. The number of benzene rings is 2. The molecule has 34 heavy (non-hydrogen) atoms. The van der Waals surface area contributed by atoms with Crippen LogP contribution in [0.3, 0.4) is 0 Å². The summed E-state index contributed by atoms with van der Waals surface area (Å²) in [6.45, 7) is -0.790. The maximum Gasteiger partial charge on any atom is 0.417 e. The topological polar surface area (TPSA) is 81.3 Å². The number of alkyl halides is 3. The largest absolute Gasteiger partial charge is 0.497 e. The number of esters is 1. The number of carbonyl (C=O) groups excluding carboxylic acids is 2. The lowest BCUT2D eigenvalue weighted by molar-refractivity contribution is -0.138. The highest BCUT2D eigenvalue weighted by molar-refractivity contribution is 6.03. The summed E-state index contributed by atoms with van der Waals surface area (Å²) in [5, 5.41) is 5.51. The molecule has 0 bridgehead atoms. The van der Waals surface area contributed by atoms with E-state index < -0.39 is 41.8 Å². The van der Waals surface area contributed by atoms with Crippen LogP contribution < -0.4 is 4.74 Å². The molecule has 10 heteroatoms. The van der Waals surface area contributed by atoms with Crippen molar-refractivity contribution in [3.63, 3.8) is 0 Å². The van der Waals surface area contributed by atoms with Gasteiger partial charge in [-0.05, 0) is 54.1 Å². The Bertz CT molecular complexity index is 1200. The lowest BCUT2D eigenvalue weighted by Gasteiger charge is -2.20. The highest BCUT2D eigenvalue weighted by Gasteiger charge is 2.37. The van der Waals surface area contributed by atoms with Gasteiger partial charge in [0.15, 0.2) is 6.61 Å². The van der Waals surface area contributed by atoms with Crippen LogP contribution >= 0.6 is 0 Å². The second-order valence-electron chi connectivity index (χ2n) is 7.37. The van der Waals surface area contributed by atoms with Gasteiger partial charge in [-0.1, -0.05) is 12.1 Å². The zero-order valence-corrected chi connectivity index (χ0v) is 17.9. The number of hydrogen-bond acceptors (Lipinski definition) is 6. The first-order valence-electron chi connectivity index (χ1n) is 10.2. The molecule has 1 amide bonds. The predicted octanol–water partition coefficient (Wildman–Crippen LogP) is 4.84. The number of nitrogens with zero attached hydrogens (tertiary/aromatic N) is 2. The summed E-state index contributed by atoms with van der Waals surface area (Å²) in [6.07, 6.45) is -2.95. The Labute approximate surface area is 192 Å². The van der Waals surface area contributed by atoms with Gasteiger partial charge in [0.2, 0.25) is 0 Å². The number of rotatable bonds is 6. The summed E-state index contributed by atoms with van der Waals surface area (Å²) >= 11 is 0. The Balaban J connectivity index is 1.53. The van der Waals surface area contributed by atoms with Crippen LogP contribution in [0.15, 0.2) is 76.4 Å². The summed E-state index contributed by atoms with van der Waals surface area (Å²) in [7, 11) is 1.55. The molecule has 1 aromatic heterocycles. The van der Waals surface area contributed by atoms with E-state index in [9.17, 15) is 22.8 Å². The molecule has 3 aromatic rings. The standard InChI is InChI=1S/C24H19F3N2O5/c1-32-16-10-8-15(9-11-16)19-13-20(21-7-4-12-33-21)29(28-19)22(30)14-34-23(31)17-5-2-3-6-18(17)24(25,26)27/h2-12,20H,13-14H2,1H3/t20-/m1/s1. The van der Waals surface area contributed by atoms with E-state index in [0.29, 0.717) is 23.6 Å². The molecule has 0 saturated carbocycles. The SMILES string of the molecule is COc1ccc(C2=NN(C(=O)COC(=O)c3ccccc3C(F)(F)F)[C@@H](c3ccco3)C2)cc1. The molecule has 1 atom stereocenters. The maximum absolute atomic E-state index is 13.2. The Morgan fingerprint density at radius 3 is 2.47 bits per heavy atom. The van der Waals surface area contributed by atoms with Crippen molar-refractivity contribution in [3.8, 4) is 5.75 Å². The van der Waals surface area contributed by atoms with E-state index >= 15 is 0 Å². The molecule has 0 fully saturated rings. The number of hydrazone groups is 1. The Morgan fingerprint density at radius 2 is 1.82 bits per heavy atom. The summed E-state index contributed by atoms with van der Waals surface area (Å²) in [5.74, 6) is -0.838. The van der Waals surface area contributed by atoms with Crippen LogP contribution in [0.25, 0.3) is 0 Å². The van der Waals surface area contributed by atoms with Gasteiger partial charge in [0.05, 0.1) is 30.2 Å². The summed E-state index contributed by atoms with van der Waals surface area (Å²) < 4.78 is 55.1. The summed E-state index contributed by atoms with van der Waals surface area (Å²) in [4.78, 5) is 25.2. The normalized spacial score (nSPS) is 15.7. The molecule has 0 N–H and O–H groups in total. The van der Waals surface area contributed by atoms with Crippen molar-refractivity contribution in [2.24, 2.45) is 5.10 Å². The van der Waals surface area contributed by atoms with Crippen molar-refractivity contribution in [2.45, 2.75) is 18.6 Å². The molecule has 176 valence electrons. The third-order valence-electron chi connectivity index (χ3n) is 5.24. The molecule has 0 aliphatic carbocycles. The lowest BCUT2D eigenvalue weighted by Crippen LogP contribution is -2.31. The van der Waals surface area contributed by atoms with E-state index in [4.69, 9.17) is 13.9 Å². The van der Waals surface area contributed by atoms with Gasteiger partial charge in [0, 0.05) is 6.42 Å². The minimum Gasteiger partial charge on any atom is -0.497 e. The van der Waals surface area contributed by atoms with Crippen LogP contribution in [0.1, 0.15) is 39.7 Å². The van der Waals surface area contributed by atoms with E-state index in [1.54, 1.807) is 43.5 Å². The molecule has 0 radical (unpaired) electrons. The molecule has 2 aromatic carbocycles. The maximum atomic E-state index is 13.2. The molecule has 1 aliphatic rings. The van der Waals surface area contributed by atoms with E-state index in [0.717, 1.165) is 22.7 Å². The van der Waals surface area contributed by atoms with Gasteiger partial charge in [-0.25, -0.2) is 9.80 Å². The smallest absolute Gasteiger partial charge is 0.417 e. The van der Waals surface area contributed by atoms with Crippen LogP contribution in [0.4, 0.5) is 13.2 Å². The van der Waals surface area contributed by atoms with Crippen LogP contribution in [-0.4, -0.2) is 36.3 Å². The van der Waals surface area contributed by atoms with Crippen LogP contribution in [-0.2, 0) is 15.7 Å². The molecule has 2 heterocycles. The van der Waals surface area contributed by atoms with E-state index in [2.05, 4.69) is 5.10 Å². The number of hydrogen-bond donors (Lipinski definition) is 0. The van der Waals surface area contributed by atoms with Crippen molar-refractivity contribution in [2.75, 3.05) is 13.7 Å². The van der Waals surface area contributed by atoms with E-state index in [-0.39, 0.29) is 0 Å². The minimum atomic E-state index is -4.74. The van der Waals surface area contributed by atoms with Gasteiger partial charge in [0.1, 0.15) is 17.6 Å². The molecular weight excluding hydrogens is 453 g/mol. The zero-order chi connectivity index (χ0) is 24.3. The van der Waals surface area contributed by atoms with Gasteiger partial charge in [-0.15, -0.1) is 0 Å². The third-order valence-corrected chi connectivity index (χ3v) is 5.24. The Kier molecular flexibility index (Phi) is 6.40. The Hall–Kier alpha value is -4.08. The minimum absolute atomic E-state index is 0.330. The molecule has 0 spiro atoms. The number of ether oxygens (including phenoxy) is 2. The highest BCUT2D eigenvalue weighted by atomic mass is 19.4. The molecular formula is C24H19F3N2O5. The second kappa shape index (κ2) is 9.42. The lowest BCUT2D eigenvalue weighted by atomic mass is 10.0. The second-order valence-corrected chi connectivity index (χ2v) is 7.37. The Morgan fingerprint density at radius 1 is 1.09 bits per heavy atom. The van der Waals surface area contributed by atoms with Gasteiger partial charge < -0.3 is 13.9 Å². The van der Waals surface area contributed by atoms with Gasteiger partial charge in [-0.3, -0.25) is 4.79 Å². The van der Waals surface area contributed by atoms with Gasteiger partial charge in [-0.2, -0.15) is 18.3 Å². The zero-order valence-electron chi connectivity index (χ0n) is 17.9. The first-order valence-corrected chi connectivity index (χ1v) is 10.2. The average molecular weight is 472 g/mol. The first-order chi connectivity index (χ1) is 16.3. The predicted molar refractivity (Wildman–Crippen MR) is 114 cm³/mol. The molecule has 1 aliphatic heterocycles. The van der Waals surface area contributed by atoms with Crippen LogP contribution in [0.2, 0.25) is 0 Å². The molecule has 0 unspecified atom stereocenters. The first kappa shape index (κ1) is 23.1. The molecule has 7 nitrogen and oxygen atoms in total. The fourth-order valence-corrected chi connectivity index (χ4v) is 3.58. The number of furan rings is 1. The fourth-order valence-electron chi connectivity index (χ4n) is 3.58. The molecule has 4 rings (SSSR count). The number of amides is 1. The number of halogens is 3. The van der Waals surface area contributed by atoms with Crippen molar-refractivity contribution in [1.82, 2.24) is 5.01 Å². The van der Waals surface area contributed by atoms with E-state index in [1.807, 2.05) is 0 Å². The summed E-state index contributed by atoms with van der Waals surface area (Å²) in [6, 6.07) is 14.1. The van der Waals surface area contributed by atoms with Gasteiger partial charge in [0.25, 0.3) is 5.91 Å².